The average molecular weight is 262 g/mol. The van der Waals surface area contributed by atoms with Crippen LogP contribution in [-0.2, 0) is 6.54 Å². The summed E-state index contributed by atoms with van der Waals surface area (Å²) in [4.78, 5) is 1.29. The predicted octanol–water partition coefficient (Wildman–Crippen LogP) is 3.96. The van der Waals surface area contributed by atoms with Gasteiger partial charge in [-0.3, -0.25) is 0 Å². The first-order valence-electron chi connectivity index (χ1n) is 6.40. The molecule has 0 atom stereocenters. The maximum atomic E-state index is 8.92. The Kier molecular flexibility index (Phi) is 6.24. The number of unbranched alkanes of at least 4 members (excludes halogenated alkanes) is 1. The van der Waals surface area contributed by atoms with E-state index in [2.05, 4.69) is 30.3 Å². The molecule has 0 aliphatic heterocycles. The molecule has 0 aliphatic carbocycles. The first-order valence-corrected chi connectivity index (χ1v) is 7.39. The minimum absolute atomic E-state index is 0.176. The van der Waals surface area contributed by atoms with E-state index in [0.717, 1.165) is 25.0 Å². The van der Waals surface area contributed by atoms with Crippen molar-refractivity contribution in [3.63, 3.8) is 0 Å². The van der Waals surface area contributed by atoms with Crippen molar-refractivity contribution in [2.45, 2.75) is 44.6 Å². The third kappa shape index (κ3) is 5.57. The third-order valence-electron chi connectivity index (χ3n) is 2.90. The molecule has 2 N–H and O–H groups in total. The number of benzene rings is 1. The van der Waals surface area contributed by atoms with Crippen LogP contribution in [0, 0.1) is 16.7 Å². The molecule has 18 heavy (non-hydrogen) atoms. The number of thioether (sulfide) groups is 1. The molecule has 0 aliphatic rings. The van der Waals surface area contributed by atoms with Crippen LogP contribution in [0.1, 0.15) is 38.7 Å². The highest BCUT2D eigenvalue weighted by atomic mass is 32.2. The molecule has 0 unspecified atom stereocenters. The van der Waals surface area contributed by atoms with E-state index < -0.39 is 0 Å². The van der Waals surface area contributed by atoms with Gasteiger partial charge in [-0.2, -0.15) is 5.26 Å². The number of hydrogen-bond acceptors (Lipinski definition) is 3. The van der Waals surface area contributed by atoms with E-state index in [0.29, 0.717) is 6.54 Å². The Balaban J connectivity index is 2.24. The van der Waals surface area contributed by atoms with Crippen molar-refractivity contribution < 1.29 is 0 Å². The summed E-state index contributed by atoms with van der Waals surface area (Å²) in [6.07, 6.45) is 3.25. The van der Waals surface area contributed by atoms with Crippen molar-refractivity contribution in [1.29, 1.82) is 5.26 Å². The molecule has 0 heterocycles. The van der Waals surface area contributed by atoms with Gasteiger partial charge in [0.05, 0.1) is 11.5 Å². The van der Waals surface area contributed by atoms with E-state index in [-0.39, 0.29) is 5.41 Å². The number of nitrogens with two attached hydrogens (primary N) is 1. The number of rotatable bonds is 7. The molecule has 0 aromatic heterocycles. The van der Waals surface area contributed by atoms with Crippen LogP contribution in [0.25, 0.3) is 0 Å². The highest BCUT2D eigenvalue weighted by Gasteiger charge is 2.15. The number of nitriles is 1. The van der Waals surface area contributed by atoms with Gasteiger partial charge in [-0.15, -0.1) is 11.8 Å². The average Bonchev–Trinajstić information content (AvgIpc) is 2.38. The van der Waals surface area contributed by atoms with Gasteiger partial charge in [-0.05, 0) is 50.1 Å². The molecule has 0 saturated heterocycles. The first-order chi connectivity index (χ1) is 8.57. The number of nitrogens with zero attached hydrogens (tertiary/aromatic N) is 1. The van der Waals surface area contributed by atoms with Gasteiger partial charge in [0.15, 0.2) is 0 Å². The van der Waals surface area contributed by atoms with Gasteiger partial charge in [-0.25, -0.2) is 0 Å². The van der Waals surface area contributed by atoms with Gasteiger partial charge in [0.25, 0.3) is 0 Å². The van der Waals surface area contributed by atoms with Crippen LogP contribution in [0.4, 0.5) is 0 Å². The fourth-order valence-electron chi connectivity index (χ4n) is 1.68. The molecule has 0 radical (unpaired) electrons. The van der Waals surface area contributed by atoms with Crippen molar-refractivity contribution in [1.82, 2.24) is 0 Å². The lowest BCUT2D eigenvalue weighted by Crippen LogP contribution is -2.07. The van der Waals surface area contributed by atoms with Crippen molar-refractivity contribution in [2.75, 3.05) is 5.75 Å². The van der Waals surface area contributed by atoms with Crippen LogP contribution in [0.3, 0.4) is 0 Å². The highest BCUT2D eigenvalue weighted by Crippen LogP contribution is 2.24. The lowest BCUT2D eigenvalue weighted by atomic mass is 9.89. The van der Waals surface area contributed by atoms with Crippen LogP contribution >= 0.6 is 11.8 Å². The lowest BCUT2D eigenvalue weighted by molar-refractivity contribution is 0.433. The topological polar surface area (TPSA) is 49.8 Å². The second-order valence-electron chi connectivity index (χ2n) is 5.15. The fourth-order valence-corrected chi connectivity index (χ4v) is 2.67. The molecular weight excluding hydrogens is 240 g/mol. The van der Waals surface area contributed by atoms with Gasteiger partial charge in [0.1, 0.15) is 0 Å². The largest absolute Gasteiger partial charge is 0.326 e. The normalized spacial score (nSPS) is 11.2. The van der Waals surface area contributed by atoms with Gasteiger partial charge in [0, 0.05) is 11.4 Å². The summed E-state index contributed by atoms with van der Waals surface area (Å²) in [5.74, 6) is 1.11. The zero-order valence-electron chi connectivity index (χ0n) is 11.3. The van der Waals surface area contributed by atoms with E-state index >= 15 is 0 Å². The maximum Gasteiger partial charge on any atom is 0.0683 e. The number of hydrogen-bond donors (Lipinski definition) is 1. The molecular formula is C15H22N2S. The van der Waals surface area contributed by atoms with E-state index in [1.54, 1.807) is 0 Å². The Morgan fingerprint density at radius 3 is 2.78 bits per heavy atom. The minimum Gasteiger partial charge on any atom is -0.326 e. The summed E-state index contributed by atoms with van der Waals surface area (Å²) in [6.45, 7) is 4.61. The van der Waals surface area contributed by atoms with E-state index in [1.807, 2.05) is 25.6 Å². The zero-order chi connectivity index (χ0) is 13.4. The Morgan fingerprint density at radius 1 is 1.33 bits per heavy atom. The Hall–Kier alpha value is -0.980. The lowest BCUT2D eigenvalue weighted by Gasteiger charge is -2.14. The standard InChI is InChI=1S/C15H22N2S/c1-15(2,12-17)8-3-4-9-18-14-7-5-6-13(10-14)11-16/h5-7,10H,3-4,8-9,11,16H2,1-2H3. The molecule has 0 amide bonds. The molecule has 1 aromatic carbocycles. The van der Waals surface area contributed by atoms with E-state index in [9.17, 15) is 0 Å². The first kappa shape index (κ1) is 15.1. The zero-order valence-corrected chi connectivity index (χ0v) is 12.1. The molecule has 0 fully saturated rings. The minimum atomic E-state index is -0.176. The summed E-state index contributed by atoms with van der Waals surface area (Å²) in [5.41, 5.74) is 6.63. The second-order valence-corrected chi connectivity index (χ2v) is 6.32. The van der Waals surface area contributed by atoms with Crippen LogP contribution in [-0.4, -0.2) is 5.75 Å². The smallest absolute Gasteiger partial charge is 0.0683 e. The molecule has 2 nitrogen and oxygen atoms in total. The molecule has 0 spiro atoms. The summed E-state index contributed by atoms with van der Waals surface area (Å²) in [5, 5.41) is 8.92. The predicted molar refractivity (Wildman–Crippen MR) is 78.3 cm³/mol. The Bertz CT molecular complexity index is 407. The molecule has 3 heteroatoms. The molecule has 98 valence electrons. The summed E-state index contributed by atoms with van der Waals surface area (Å²) in [6, 6.07) is 10.7. The van der Waals surface area contributed by atoms with Crippen molar-refractivity contribution in [2.24, 2.45) is 11.1 Å². The fraction of sp³-hybridized carbons (Fsp3) is 0.533. The van der Waals surface area contributed by atoms with Crippen LogP contribution in [0.15, 0.2) is 29.2 Å². The third-order valence-corrected chi connectivity index (χ3v) is 3.98. The van der Waals surface area contributed by atoms with Crippen LogP contribution < -0.4 is 5.73 Å². The van der Waals surface area contributed by atoms with Crippen molar-refractivity contribution in [3.8, 4) is 6.07 Å². The summed E-state index contributed by atoms with van der Waals surface area (Å²) in [7, 11) is 0. The van der Waals surface area contributed by atoms with E-state index in [1.165, 1.54) is 10.5 Å². The quantitative estimate of drug-likeness (QED) is 0.598. The SMILES string of the molecule is CC(C)(C#N)CCCCSc1cccc(CN)c1. The summed E-state index contributed by atoms with van der Waals surface area (Å²) >= 11 is 1.87. The van der Waals surface area contributed by atoms with Crippen molar-refractivity contribution >= 4 is 11.8 Å². The van der Waals surface area contributed by atoms with Crippen molar-refractivity contribution in [3.05, 3.63) is 29.8 Å². The van der Waals surface area contributed by atoms with Gasteiger partial charge >= 0.3 is 0 Å². The molecule has 1 rings (SSSR count). The molecule has 0 bridgehead atoms. The Morgan fingerprint density at radius 2 is 2.11 bits per heavy atom. The highest BCUT2D eigenvalue weighted by molar-refractivity contribution is 7.99. The monoisotopic (exact) mass is 262 g/mol. The van der Waals surface area contributed by atoms with Crippen LogP contribution in [0.2, 0.25) is 0 Å². The summed E-state index contributed by atoms with van der Waals surface area (Å²) < 4.78 is 0. The van der Waals surface area contributed by atoms with Gasteiger partial charge in [0.2, 0.25) is 0 Å². The maximum absolute atomic E-state index is 8.92. The van der Waals surface area contributed by atoms with E-state index in [4.69, 9.17) is 11.0 Å². The van der Waals surface area contributed by atoms with Gasteiger partial charge < -0.3 is 5.73 Å². The van der Waals surface area contributed by atoms with Gasteiger partial charge in [-0.1, -0.05) is 18.6 Å². The Labute approximate surface area is 115 Å². The second kappa shape index (κ2) is 7.45. The molecule has 0 saturated carbocycles. The molecule has 1 aromatic rings. The van der Waals surface area contributed by atoms with Crippen LogP contribution in [0.5, 0.6) is 0 Å².